The number of hydrogen-bond acceptors (Lipinski definition) is 3. The minimum Gasteiger partial charge on any atom is -0.492 e. The summed E-state index contributed by atoms with van der Waals surface area (Å²) in [4.78, 5) is 2.50. The molecule has 1 saturated heterocycles. The van der Waals surface area contributed by atoms with E-state index < -0.39 is 0 Å². The van der Waals surface area contributed by atoms with E-state index in [0.29, 0.717) is 6.04 Å². The summed E-state index contributed by atoms with van der Waals surface area (Å²) in [5, 5.41) is 4.04. The maximum atomic E-state index is 5.92. The molecule has 0 aliphatic carbocycles. The molecule has 0 unspecified atom stereocenters. The van der Waals surface area contributed by atoms with Gasteiger partial charge in [-0.05, 0) is 31.2 Å². The van der Waals surface area contributed by atoms with E-state index in [9.17, 15) is 0 Å². The molecule has 1 heterocycles. The minimum absolute atomic E-state index is 0.688. The normalized spacial score (nSPS) is 15.7. The first-order valence-corrected chi connectivity index (χ1v) is 7.00. The zero-order valence-electron chi connectivity index (χ0n) is 10.9. The van der Waals surface area contributed by atoms with Gasteiger partial charge < -0.3 is 10.1 Å². The first-order valence-electron chi connectivity index (χ1n) is 6.62. The summed E-state index contributed by atoms with van der Waals surface area (Å²) in [7, 11) is 0. The molecule has 1 fully saturated rings. The molecule has 18 heavy (non-hydrogen) atoms. The molecule has 0 saturated carbocycles. The number of ether oxygens (including phenoxy) is 1. The molecule has 0 aromatic heterocycles. The van der Waals surface area contributed by atoms with E-state index in [0.717, 1.165) is 43.6 Å². The van der Waals surface area contributed by atoms with Gasteiger partial charge in [-0.15, -0.1) is 0 Å². The van der Waals surface area contributed by atoms with Crippen molar-refractivity contribution in [2.75, 3.05) is 32.8 Å². The Balaban J connectivity index is 1.75. The molecule has 1 aliphatic rings. The third kappa shape index (κ3) is 3.87. The summed E-state index contributed by atoms with van der Waals surface area (Å²) in [6.07, 6.45) is 1.19. The van der Waals surface area contributed by atoms with Crippen molar-refractivity contribution in [3.05, 3.63) is 29.3 Å². The van der Waals surface area contributed by atoms with Crippen molar-refractivity contribution < 1.29 is 4.74 Å². The largest absolute Gasteiger partial charge is 0.492 e. The van der Waals surface area contributed by atoms with Crippen molar-refractivity contribution in [3.8, 4) is 5.75 Å². The van der Waals surface area contributed by atoms with Crippen LogP contribution in [0.1, 0.15) is 13.3 Å². The summed E-state index contributed by atoms with van der Waals surface area (Å²) < 4.78 is 5.74. The fourth-order valence-electron chi connectivity index (χ4n) is 2.13. The van der Waals surface area contributed by atoms with Gasteiger partial charge in [0.1, 0.15) is 12.4 Å². The van der Waals surface area contributed by atoms with E-state index in [2.05, 4.69) is 17.1 Å². The van der Waals surface area contributed by atoms with Gasteiger partial charge in [-0.1, -0.05) is 24.6 Å². The lowest BCUT2D eigenvalue weighted by atomic mass is 10.1. The van der Waals surface area contributed by atoms with E-state index >= 15 is 0 Å². The van der Waals surface area contributed by atoms with Crippen LogP contribution in [0.5, 0.6) is 5.75 Å². The molecule has 0 radical (unpaired) electrons. The van der Waals surface area contributed by atoms with Crippen molar-refractivity contribution >= 4 is 11.6 Å². The van der Waals surface area contributed by atoms with Gasteiger partial charge in [-0.3, -0.25) is 4.90 Å². The fraction of sp³-hybridized carbons (Fsp3) is 0.571. The van der Waals surface area contributed by atoms with Crippen LogP contribution in [0.15, 0.2) is 24.3 Å². The molecule has 2 rings (SSSR count). The Kier molecular flexibility index (Phi) is 5.29. The second-order valence-electron chi connectivity index (χ2n) is 4.65. The Labute approximate surface area is 114 Å². The second-order valence-corrected chi connectivity index (χ2v) is 5.09. The molecule has 3 nitrogen and oxygen atoms in total. The summed E-state index contributed by atoms with van der Waals surface area (Å²) in [6, 6.07) is 8.26. The quantitative estimate of drug-likeness (QED) is 0.822. The van der Waals surface area contributed by atoms with Gasteiger partial charge in [0, 0.05) is 30.7 Å². The number of nitrogens with one attached hydrogen (secondary N) is 1. The molecule has 100 valence electrons. The Morgan fingerprint density at radius 2 is 2.22 bits per heavy atom. The molecule has 0 amide bonds. The van der Waals surface area contributed by atoms with Crippen LogP contribution in [0.3, 0.4) is 0 Å². The lowest BCUT2D eigenvalue weighted by Gasteiger charge is -2.38. The highest BCUT2D eigenvalue weighted by Gasteiger charge is 2.23. The van der Waals surface area contributed by atoms with Crippen LogP contribution in [0.4, 0.5) is 0 Å². The van der Waals surface area contributed by atoms with Gasteiger partial charge in [0.05, 0.1) is 0 Å². The second kappa shape index (κ2) is 6.98. The van der Waals surface area contributed by atoms with Gasteiger partial charge in [0.15, 0.2) is 0 Å². The molecule has 0 atom stereocenters. The number of benzene rings is 1. The highest BCUT2D eigenvalue weighted by atomic mass is 35.5. The van der Waals surface area contributed by atoms with Crippen LogP contribution in [-0.2, 0) is 0 Å². The van der Waals surface area contributed by atoms with Crippen LogP contribution in [0, 0.1) is 0 Å². The van der Waals surface area contributed by atoms with Crippen molar-refractivity contribution in [1.29, 1.82) is 0 Å². The average Bonchev–Trinajstić information content (AvgIpc) is 2.27. The third-order valence-corrected chi connectivity index (χ3v) is 3.47. The monoisotopic (exact) mass is 268 g/mol. The van der Waals surface area contributed by atoms with Crippen LogP contribution in [0.2, 0.25) is 5.02 Å². The Bertz CT molecular complexity index is 369. The van der Waals surface area contributed by atoms with Crippen LogP contribution >= 0.6 is 11.6 Å². The van der Waals surface area contributed by atoms with E-state index in [1.54, 1.807) is 0 Å². The molecule has 0 spiro atoms. The van der Waals surface area contributed by atoms with Crippen LogP contribution in [-0.4, -0.2) is 43.7 Å². The van der Waals surface area contributed by atoms with Crippen molar-refractivity contribution in [1.82, 2.24) is 10.2 Å². The molecular formula is C14H21ClN2O. The molecule has 4 heteroatoms. The lowest BCUT2D eigenvalue weighted by Crippen LogP contribution is -2.58. The number of halogens is 1. The highest BCUT2D eigenvalue weighted by molar-refractivity contribution is 6.30. The zero-order valence-corrected chi connectivity index (χ0v) is 11.6. The van der Waals surface area contributed by atoms with Gasteiger partial charge in [-0.25, -0.2) is 0 Å². The highest BCUT2D eigenvalue weighted by Crippen LogP contribution is 2.17. The third-order valence-electron chi connectivity index (χ3n) is 3.23. The summed E-state index contributed by atoms with van der Waals surface area (Å²) in [6.45, 7) is 7.28. The molecule has 1 aromatic rings. The van der Waals surface area contributed by atoms with Crippen LogP contribution in [0.25, 0.3) is 0 Å². The van der Waals surface area contributed by atoms with E-state index in [1.165, 1.54) is 6.42 Å². The number of nitrogens with zero attached hydrogens (tertiary/aromatic N) is 1. The SMILES string of the molecule is CCCN(CCOc1cccc(Cl)c1)C1CNC1. The summed E-state index contributed by atoms with van der Waals surface area (Å²) in [5.74, 6) is 0.852. The van der Waals surface area contributed by atoms with Crippen molar-refractivity contribution in [2.24, 2.45) is 0 Å². The average molecular weight is 269 g/mol. The molecular weight excluding hydrogens is 248 g/mol. The van der Waals surface area contributed by atoms with E-state index in [1.807, 2.05) is 24.3 Å². The molecule has 1 aromatic carbocycles. The smallest absolute Gasteiger partial charge is 0.120 e. The summed E-state index contributed by atoms with van der Waals surface area (Å²) >= 11 is 5.92. The zero-order chi connectivity index (χ0) is 12.8. The van der Waals surface area contributed by atoms with E-state index in [4.69, 9.17) is 16.3 Å². The Morgan fingerprint density at radius 1 is 1.39 bits per heavy atom. The van der Waals surface area contributed by atoms with Crippen molar-refractivity contribution in [2.45, 2.75) is 19.4 Å². The maximum Gasteiger partial charge on any atom is 0.120 e. The first kappa shape index (κ1) is 13.7. The number of rotatable bonds is 7. The fourth-order valence-corrected chi connectivity index (χ4v) is 2.31. The molecule has 0 bridgehead atoms. The molecule has 1 N–H and O–H groups in total. The maximum absolute atomic E-state index is 5.92. The lowest BCUT2D eigenvalue weighted by molar-refractivity contribution is 0.122. The van der Waals surface area contributed by atoms with Gasteiger partial charge in [-0.2, -0.15) is 0 Å². The summed E-state index contributed by atoms with van der Waals surface area (Å²) in [5.41, 5.74) is 0. The number of hydrogen-bond donors (Lipinski definition) is 1. The van der Waals surface area contributed by atoms with Crippen molar-refractivity contribution in [3.63, 3.8) is 0 Å². The Morgan fingerprint density at radius 3 is 2.83 bits per heavy atom. The van der Waals surface area contributed by atoms with Gasteiger partial charge in [0.25, 0.3) is 0 Å². The minimum atomic E-state index is 0.688. The Hall–Kier alpha value is -0.770. The standard InChI is InChI=1S/C14H21ClN2O/c1-2-6-17(13-10-16-11-13)7-8-18-14-5-3-4-12(15)9-14/h3-5,9,13,16H,2,6-8,10-11H2,1H3. The van der Waals surface area contributed by atoms with E-state index in [-0.39, 0.29) is 0 Å². The first-order chi connectivity index (χ1) is 8.79. The molecule has 1 aliphatic heterocycles. The van der Waals surface area contributed by atoms with Gasteiger partial charge >= 0.3 is 0 Å². The van der Waals surface area contributed by atoms with Gasteiger partial charge in [0.2, 0.25) is 0 Å². The predicted molar refractivity (Wildman–Crippen MR) is 75.5 cm³/mol. The van der Waals surface area contributed by atoms with Crippen LogP contribution < -0.4 is 10.1 Å². The predicted octanol–water partition coefficient (Wildman–Crippen LogP) is 2.40. The topological polar surface area (TPSA) is 24.5 Å².